The highest BCUT2D eigenvalue weighted by Gasteiger charge is 2.46. The van der Waals surface area contributed by atoms with Gasteiger partial charge in [-0.25, -0.2) is 9.18 Å². The normalized spacial score (nSPS) is 21.1. The Balaban J connectivity index is 1.70. The molecule has 1 unspecified atom stereocenters. The summed E-state index contributed by atoms with van der Waals surface area (Å²) < 4.78 is 14.9. The van der Waals surface area contributed by atoms with Crippen LogP contribution in [-0.4, -0.2) is 46.4 Å². The average Bonchev–Trinajstić information content (AvgIpc) is 2.89. The molecule has 4 nitrogen and oxygen atoms in total. The zero-order valence-electron chi connectivity index (χ0n) is 11.9. The predicted octanol–water partition coefficient (Wildman–Crippen LogP) is 3.35. The first-order valence-electron chi connectivity index (χ1n) is 6.99. The number of carbonyl (C=O) groups excluding carboxylic acids is 1. The number of carboxylic acids is 1. The molecule has 1 amide bonds. The molecule has 0 aromatic heterocycles. The van der Waals surface area contributed by atoms with Crippen LogP contribution in [0, 0.1) is 0 Å². The number of carbonyl (C=O) groups is 2. The van der Waals surface area contributed by atoms with Gasteiger partial charge in [0.05, 0.1) is 6.54 Å². The lowest BCUT2D eigenvalue weighted by atomic mass is 10.1. The third-order valence-electron chi connectivity index (χ3n) is 3.57. The molecular formula is C15H17BrFNO3S. The molecular weight excluding hydrogens is 373 g/mol. The fraction of sp³-hybridized carbons (Fsp3) is 0.467. The van der Waals surface area contributed by atoms with Crippen molar-refractivity contribution < 1.29 is 19.1 Å². The summed E-state index contributed by atoms with van der Waals surface area (Å²) in [5.41, 5.74) is -2.28. The minimum absolute atomic E-state index is 0.123. The maximum atomic E-state index is 13.9. The number of rotatable bonds is 6. The monoisotopic (exact) mass is 389 g/mol. The molecule has 1 aliphatic heterocycles. The first kappa shape index (κ1) is 17.3. The summed E-state index contributed by atoms with van der Waals surface area (Å²) in [6.45, 7) is -0.150. The number of carboxylic acid groups (broad SMARTS) is 1. The van der Waals surface area contributed by atoms with Gasteiger partial charge in [-0.1, -0.05) is 15.9 Å². The van der Waals surface area contributed by atoms with Crippen molar-refractivity contribution in [3.05, 3.63) is 28.7 Å². The van der Waals surface area contributed by atoms with Crippen LogP contribution in [0.4, 0.5) is 4.39 Å². The van der Waals surface area contributed by atoms with E-state index in [1.807, 2.05) is 24.3 Å². The molecule has 1 heterocycles. The smallest absolute Gasteiger partial charge is 0.343 e. The lowest BCUT2D eigenvalue weighted by Gasteiger charge is -2.17. The molecule has 1 atom stereocenters. The lowest BCUT2D eigenvalue weighted by molar-refractivity contribution is -0.150. The Bertz CT molecular complexity index is 554. The van der Waals surface area contributed by atoms with Crippen LogP contribution < -0.4 is 0 Å². The number of hydrogen-bond donors (Lipinski definition) is 1. The quantitative estimate of drug-likeness (QED) is 0.598. The summed E-state index contributed by atoms with van der Waals surface area (Å²) in [6.07, 6.45) is 0.878. The van der Waals surface area contributed by atoms with Crippen LogP contribution >= 0.6 is 27.7 Å². The largest absolute Gasteiger partial charge is 0.479 e. The Labute approximate surface area is 141 Å². The van der Waals surface area contributed by atoms with Crippen LogP contribution in [0.3, 0.4) is 0 Å². The number of thioether (sulfide) groups is 1. The summed E-state index contributed by atoms with van der Waals surface area (Å²) in [5.74, 6) is -0.855. The highest BCUT2D eigenvalue weighted by molar-refractivity contribution is 9.10. The Morgan fingerprint density at radius 3 is 2.64 bits per heavy atom. The zero-order valence-corrected chi connectivity index (χ0v) is 14.3. The van der Waals surface area contributed by atoms with E-state index in [0.717, 1.165) is 15.1 Å². The molecule has 0 aliphatic carbocycles. The van der Waals surface area contributed by atoms with E-state index >= 15 is 0 Å². The van der Waals surface area contributed by atoms with Crippen molar-refractivity contribution >= 4 is 39.6 Å². The third kappa shape index (κ3) is 4.46. The standard InChI is InChI=1S/C15H17BrFNO3S/c16-11-3-5-12(6-4-11)22-9-1-2-13(19)18-8-7-15(17,10-18)14(20)21/h3-6H,1-2,7-10H2,(H,20,21). The topological polar surface area (TPSA) is 57.6 Å². The summed E-state index contributed by atoms with van der Waals surface area (Å²) in [4.78, 5) is 25.2. The van der Waals surface area contributed by atoms with Crippen LogP contribution in [0.2, 0.25) is 0 Å². The SMILES string of the molecule is O=C(CCCSc1ccc(Br)cc1)N1CCC(F)(C(=O)O)C1. The summed E-state index contributed by atoms with van der Waals surface area (Å²) >= 11 is 5.03. The second kappa shape index (κ2) is 7.46. The van der Waals surface area contributed by atoms with Gasteiger partial charge < -0.3 is 10.0 Å². The molecule has 0 bridgehead atoms. The maximum absolute atomic E-state index is 13.9. The predicted molar refractivity (Wildman–Crippen MR) is 86.8 cm³/mol. The number of likely N-dealkylation sites (tertiary alicyclic amines) is 1. The van der Waals surface area contributed by atoms with Crippen LogP contribution in [0.25, 0.3) is 0 Å². The molecule has 22 heavy (non-hydrogen) atoms. The number of hydrogen-bond acceptors (Lipinski definition) is 3. The van der Waals surface area contributed by atoms with Gasteiger partial charge in [-0.3, -0.25) is 4.79 Å². The maximum Gasteiger partial charge on any atom is 0.343 e. The first-order chi connectivity index (χ1) is 10.4. The van der Waals surface area contributed by atoms with Gasteiger partial charge in [0.2, 0.25) is 11.6 Å². The molecule has 0 saturated carbocycles. The van der Waals surface area contributed by atoms with Crippen molar-refractivity contribution in [3.63, 3.8) is 0 Å². The van der Waals surface area contributed by atoms with Crippen molar-refractivity contribution in [1.82, 2.24) is 4.90 Å². The average molecular weight is 390 g/mol. The fourth-order valence-corrected chi connectivity index (χ4v) is 3.38. The van der Waals surface area contributed by atoms with Crippen molar-refractivity contribution in [1.29, 1.82) is 0 Å². The molecule has 0 spiro atoms. The number of nitrogens with zero attached hydrogens (tertiary/aromatic N) is 1. The van der Waals surface area contributed by atoms with Crippen molar-refractivity contribution in [2.45, 2.75) is 29.8 Å². The summed E-state index contributed by atoms with van der Waals surface area (Å²) in [7, 11) is 0. The minimum atomic E-state index is -2.28. The molecule has 1 aromatic rings. The van der Waals surface area contributed by atoms with E-state index in [0.29, 0.717) is 12.8 Å². The number of alkyl halides is 1. The van der Waals surface area contributed by atoms with Gasteiger partial charge >= 0.3 is 5.97 Å². The van der Waals surface area contributed by atoms with Crippen LogP contribution in [0.1, 0.15) is 19.3 Å². The van der Waals surface area contributed by atoms with Crippen molar-refractivity contribution in [2.24, 2.45) is 0 Å². The molecule has 1 aliphatic rings. The Morgan fingerprint density at radius 2 is 2.05 bits per heavy atom. The lowest BCUT2D eigenvalue weighted by Crippen LogP contribution is -2.38. The zero-order chi connectivity index (χ0) is 16.2. The van der Waals surface area contributed by atoms with Crippen LogP contribution in [0.5, 0.6) is 0 Å². The molecule has 2 rings (SSSR count). The second-order valence-electron chi connectivity index (χ2n) is 5.24. The highest BCUT2D eigenvalue weighted by Crippen LogP contribution is 2.27. The van der Waals surface area contributed by atoms with Crippen molar-refractivity contribution in [2.75, 3.05) is 18.8 Å². The van der Waals surface area contributed by atoms with Gasteiger partial charge in [0.25, 0.3) is 0 Å². The summed E-state index contributed by atoms with van der Waals surface area (Å²) in [6, 6.07) is 7.93. The molecule has 1 aromatic carbocycles. The van der Waals surface area contributed by atoms with E-state index in [1.54, 1.807) is 11.8 Å². The van der Waals surface area contributed by atoms with Gasteiger partial charge in [-0.2, -0.15) is 0 Å². The Morgan fingerprint density at radius 1 is 1.36 bits per heavy atom. The van der Waals surface area contributed by atoms with Gasteiger partial charge in [-0.05, 0) is 36.4 Å². The van der Waals surface area contributed by atoms with E-state index in [2.05, 4.69) is 15.9 Å². The van der Waals surface area contributed by atoms with E-state index in [4.69, 9.17) is 5.11 Å². The van der Waals surface area contributed by atoms with E-state index in [-0.39, 0.29) is 25.4 Å². The Kier molecular flexibility index (Phi) is 5.86. The van der Waals surface area contributed by atoms with Gasteiger partial charge in [-0.15, -0.1) is 11.8 Å². The van der Waals surface area contributed by atoms with Crippen molar-refractivity contribution in [3.8, 4) is 0 Å². The van der Waals surface area contributed by atoms with E-state index in [9.17, 15) is 14.0 Å². The number of halogens is 2. The molecule has 0 radical (unpaired) electrons. The molecule has 1 fully saturated rings. The fourth-order valence-electron chi connectivity index (χ4n) is 2.26. The minimum Gasteiger partial charge on any atom is -0.479 e. The molecule has 1 saturated heterocycles. The van der Waals surface area contributed by atoms with E-state index < -0.39 is 11.6 Å². The number of amides is 1. The highest BCUT2D eigenvalue weighted by atomic mass is 79.9. The van der Waals surface area contributed by atoms with Gasteiger partial charge in [0.1, 0.15) is 0 Å². The molecule has 7 heteroatoms. The second-order valence-corrected chi connectivity index (χ2v) is 7.33. The Hall–Kier alpha value is -1.08. The van der Waals surface area contributed by atoms with Crippen LogP contribution in [0.15, 0.2) is 33.6 Å². The van der Waals surface area contributed by atoms with Crippen LogP contribution in [-0.2, 0) is 9.59 Å². The van der Waals surface area contributed by atoms with Gasteiger partial charge in [0.15, 0.2) is 0 Å². The third-order valence-corrected chi connectivity index (χ3v) is 5.20. The van der Waals surface area contributed by atoms with Gasteiger partial charge in [0, 0.05) is 28.8 Å². The van der Waals surface area contributed by atoms with E-state index in [1.165, 1.54) is 4.90 Å². The molecule has 120 valence electrons. The first-order valence-corrected chi connectivity index (χ1v) is 8.77. The number of aliphatic carboxylic acids is 1. The summed E-state index contributed by atoms with van der Waals surface area (Å²) in [5, 5.41) is 8.81. The molecule has 1 N–H and O–H groups in total. The number of benzene rings is 1.